The first-order valence-corrected chi connectivity index (χ1v) is 11.2. The van der Waals surface area contributed by atoms with E-state index in [-0.39, 0.29) is 17.6 Å². The van der Waals surface area contributed by atoms with E-state index < -0.39 is 0 Å². The lowest BCUT2D eigenvalue weighted by atomic mass is 10.1. The summed E-state index contributed by atoms with van der Waals surface area (Å²) in [7, 11) is 1.90. The molecule has 0 saturated carbocycles. The van der Waals surface area contributed by atoms with Gasteiger partial charge >= 0.3 is 0 Å². The van der Waals surface area contributed by atoms with Gasteiger partial charge in [-0.1, -0.05) is 36.0 Å². The van der Waals surface area contributed by atoms with Crippen LogP contribution in [-0.4, -0.2) is 50.3 Å². The number of hydrogen-bond acceptors (Lipinski definition) is 5. The number of carbonyl (C=O) groups excluding carboxylic acids is 2. The van der Waals surface area contributed by atoms with Gasteiger partial charge in [-0.15, -0.1) is 10.2 Å². The summed E-state index contributed by atoms with van der Waals surface area (Å²) in [6, 6.07) is 15.0. The number of thioether (sulfide) groups is 1. The van der Waals surface area contributed by atoms with Gasteiger partial charge in [-0.2, -0.15) is 0 Å². The predicted molar refractivity (Wildman–Crippen MR) is 124 cm³/mol. The summed E-state index contributed by atoms with van der Waals surface area (Å²) in [6.45, 7) is 7.27. The lowest BCUT2D eigenvalue weighted by molar-refractivity contribution is -0.113. The maximum Gasteiger partial charge on any atom is 0.253 e. The lowest BCUT2D eigenvalue weighted by Crippen LogP contribution is -2.30. The number of amides is 2. The van der Waals surface area contributed by atoms with Gasteiger partial charge < -0.3 is 14.8 Å². The van der Waals surface area contributed by atoms with Crippen molar-refractivity contribution in [2.45, 2.75) is 25.9 Å². The van der Waals surface area contributed by atoms with Crippen LogP contribution in [0.4, 0.5) is 5.69 Å². The van der Waals surface area contributed by atoms with Gasteiger partial charge in [0.05, 0.1) is 5.75 Å². The molecule has 1 heterocycles. The van der Waals surface area contributed by atoms with E-state index in [2.05, 4.69) is 15.5 Å². The third-order valence-electron chi connectivity index (χ3n) is 5.02. The minimum atomic E-state index is -0.145. The molecule has 0 saturated heterocycles. The Bertz CT molecular complexity index is 1060. The van der Waals surface area contributed by atoms with Crippen molar-refractivity contribution in [2.75, 3.05) is 24.2 Å². The molecule has 0 radical (unpaired) electrons. The third kappa shape index (κ3) is 5.32. The molecule has 2 amide bonds. The van der Waals surface area contributed by atoms with Crippen LogP contribution >= 0.6 is 11.8 Å². The zero-order valence-electron chi connectivity index (χ0n) is 18.3. The topological polar surface area (TPSA) is 80.1 Å². The molecule has 0 aliphatic rings. The summed E-state index contributed by atoms with van der Waals surface area (Å²) in [5.74, 6) is 0.827. The standard InChI is InChI=1S/C23H27N5O2S/c1-5-28(6-2)22(30)17-11-13-18(14-12-17)24-20(29)15-31-23-26-25-21(27(23)4)19-10-8-7-9-16(19)3/h7-14H,5-6,15H2,1-4H3,(H,24,29). The van der Waals surface area contributed by atoms with Crippen molar-refractivity contribution in [3.63, 3.8) is 0 Å². The number of aromatic nitrogens is 3. The molecule has 7 nitrogen and oxygen atoms in total. The highest BCUT2D eigenvalue weighted by molar-refractivity contribution is 7.99. The summed E-state index contributed by atoms with van der Waals surface area (Å²) in [5, 5.41) is 12.1. The molecule has 162 valence electrons. The first-order chi connectivity index (χ1) is 14.9. The molecule has 0 spiro atoms. The number of nitrogens with zero attached hydrogens (tertiary/aromatic N) is 4. The lowest BCUT2D eigenvalue weighted by Gasteiger charge is -2.18. The highest BCUT2D eigenvalue weighted by Crippen LogP contribution is 2.25. The first kappa shape index (κ1) is 22.6. The van der Waals surface area contributed by atoms with Crippen molar-refractivity contribution < 1.29 is 9.59 Å². The smallest absolute Gasteiger partial charge is 0.253 e. The van der Waals surface area contributed by atoms with Crippen LogP contribution < -0.4 is 5.32 Å². The van der Waals surface area contributed by atoms with E-state index in [0.29, 0.717) is 29.5 Å². The monoisotopic (exact) mass is 437 g/mol. The van der Waals surface area contributed by atoms with Crippen LogP contribution in [0.25, 0.3) is 11.4 Å². The number of aryl methyl sites for hydroxylation is 1. The second-order valence-corrected chi connectivity index (χ2v) is 8.01. The molecule has 0 aliphatic heterocycles. The summed E-state index contributed by atoms with van der Waals surface area (Å²) < 4.78 is 1.90. The van der Waals surface area contributed by atoms with E-state index in [9.17, 15) is 9.59 Å². The fourth-order valence-corrected chi connectivity index (χ4v) is 3.93. The van der Waals surface area contributed by atoms with Gasteiger partial charge in [-0.3, -0.25) is 9.59 Å². The number of carbonyl (C=O) groups is 2. The average molecular weight is 438 g/mol. The Kier molecular flexibility index (Phi) is 7.46. The van der Waals surface area contributed by atoms with E-state index in [4.69, 9.17) is 0 Å². The Balaban J connectivity index is 1.59. The van der Waals surface area contributed by atoms with E-state index in [1.54, 1.807) is 29.2 Å². The third-order valence-corrected chi connectivity index (χ3v) is 6.04. The minimum absolute atomic E-state index is 0.00910. The quantitative estimate of drug-likeness (QED) is 0.539. The normalized spacial score (nSPS) is 10.7. The number of benzene rings is 2. The Morgan fingerprint density at radius 1 is 1.03 bits per heavy atom. The van der Waals surface area contributed by atoms with Crippen molar-refractivity contribution >= 4 is 29.3 Å². The summed E-state index contributed by atoms with van der Waals surface area (Å²) in [4.78, 5) is 26.5. The van der Waals surface area contributed by atoms with Crippen molar-refractivity contribution in [1.82, 2.24) is 19.7 Å². The summed E-state index contributed by atoms with van der Waals surface area (Å²) in [5.41, 5.74) is 3.41. The SMILES string of the molecule is CCN(CC)C(=O)c1ccc(NC(=O)CSc2nnc(-c3ccccc3C)n2C)cc1. The van der Waals surface area contributed by atoms with E-state index in [0.717, 1.165) is 17.0 Å². The van der Waals surface area contributed by atoms with Gasteiger partial charge in [0.25, 0.3) is 5.91 Å². The summed E-state index contributed by atoms with van der Waals surface area (Å²) >= 11 is 1.33. The van der Waals surface area contributed by atoms with Gasteiger partial charge in [0.2, 0.25) is 5.91 Å². The highest BCUT2D eigenvalue weighted by atomic mass is 32.2. The van der Waals surface area contributed by atoms with Gasteiger partial charge in [0.1, 0.15) is 0 Å². The molecular formula is C23H27N5O2S. The van der Waals surface area contributed by atoms with Crippen molar-refractivity contribution in [1.29, 1.82) is 0 Å². The molecule has 0 aliphatic carbocycles. The molecule has 0 unspecified atom stereocenters. The first-order valence-electron chi connectivity index (χ1n) is 10.2. The molecule has 2 aromatic carbocycles. The Morgan fingerprint density at radius 3 is 2.35 bits per heavy atom. The van der Waals surface area contributed by atoms with E-state index >= 15 is 0 Å². The second kappa shape index (κ2) is 10.3. The van der Waals surface area contributed by atoms with Gasteiger partial charge in [-0.05, 0) is 50.6 Å². The van der Waals surface area contributed by atoms with Crippen LogP contribution in [0.15, 0.2) is 53.7 Å². The van der Waals surface area contributed by atoms with Gasteiger partial charge in [0, 0.05) is 37.0 Å². The van der Waals surface area contributed by atoms with Crippen LogP contribution in [0.5, 0.6) is 0 Å². The van der Waals surface area contributed by atoms with Crippen LogP contribution in [-0.2, 0) is 11.8 Å². The molecule has 1 N–H and O–H groups in total. The Morgan fingerprint density at radius 2 is 1.71 bits per heavy atom. The second-order valence-electron chi connectivity index (χ2n) is 7.07. The number of anilines is 1. The number of hydrogen-bond donors (Lipinski definition) is 1. The molecule has 8 heteroatoms. The van der Waals surface area contributed by atoms with Crippen LogP contribution in [0.1, 0.15) is 29.8 Å². The van der Waals surface area contributed by atoms with Crippen molar-refractivity contribution in [2.24, 2.45) is 7.05 Å². The van der Waals surface area contributed by atoms with Crippen LogP contribution in [0, 0.1) is 6.92 Å². The summed E-state index contributed by atoms with van der Waals surface area (Å²) in [6.07, 6.45) is 0. The zero-order valence-corrected chi connectivity index (χ0v) is 19.1. The number of rotatable bonds is 8. The number of nitrogens with one attached hydrogen (secondary N) is 1. The minimum Gasteiger partial charge on any atom is -0.339 e. The Hall–Kier alpha value is -3.13. The predicted octanol–water partition coefficient (Wildman–Crippen LogP) is 4.00. The fraction of sp³-hybridized carbons (Fsp3) is 0.304. The van der Waals surface area contributed by atoms with Crippen molar-refractivity contribution in [3.8, 4) is 11.4 Å². The van der Waals surface area contributed by atoms with Gasteiger partial charge in [-0.25, -0.2) is 0 Å². The van der Waals surface area contributed by atoms with E-state index in [1.807, 2.05) is 56.7 Å². The molecule has 31 heavy (non-hydrogen) atoms. The van der Waals surface area contributed by atoms with Crippen molar-refractivity contribution in [3.05, 3.63) is 59.7 Å². The fourth-order valence-electron chi connectivity index (χ4n) is 3.22. The maximum atomic E-state index is 12.4. The van der Waals surface area contributed by atoms with Gasteiger partial charge in [0.15, 0.2) is 11.0 Å². The molecule has 0 bridgehead atoms. The molecule has 3 rings (SSSR count). The van der Waals surface area contributed by atoms with Crippen LogP contribution in [0.2, 0.25) is 0 Å². The Labute approximate surface area is 186 Å². The molecule has 0 fully saturated rings. The molecular weight excluding hydrogens is 410 g/mol. The maximum absolute atomic E-state index is 12.4. The molecule has 0 atom stereocenters. The molecule has 3 aromatic rings. The zero-order chi connectivity index (χ0) is 22.4. The van der Waals surface area contributed by atoms with E-state index in [1.165, 1.54) is 11.8 Å². The van der Waals surface area contributed by atoms with Crippen LogP contribution in [0.3, 0.4) is 0 Å². The average Bonchev–Trinajstić information content (AvgIpc) is 3.14. The molecule has 1 aromatic heterocycles. The largest absolute Gasteiger partial charge is 0.339 e. The highest BCUT2D eigenvalue weighted by Gasteiger charge is 2.15.